The number of halogens is 3. The number of benzene rings is 2. The van der Waals surface area contributed by atoms with E-state index in [9.17, 15) is 18.8 Å². The third-order valence-corrected chi connectivity index (χ3v) is 4.97. The molecule has 10 heteroatoms. The second-order valence-electron chi connectivity index (χ2n) is 6.87. The molecule has 0 aromatic heterocycles. The van der Waals surface area contributed by atoms with Crippen molar-refractivity contribution in [1.29, 1.82) is 5.26 Å². The molecule has 3 rings (SSSR count). The zero-order valence-electron chi connectivity index (χ0n) is 17.8. The zero-order valence-corrected chi connectivity index (χ0v) is 18.6. The summed E-state index contributed by atoms with van der Waals surface area (Å²) < 4.78 is 41.3. The predicted molar refractivity (Wildman–Crippen MR) is 121 cm³/mol. The summed E-state index contributed by atoms with van der Waals surface area (Å²) in [5.74, 6) is -0.903. The van der Waals surface area contributed by atoms with Crippen LogP contribution >= 0.6 is 11.6 Å². The van der Waals surface area contributed by atoms with Crippen molar-refractivity contribution in [3.63, 3.8) is 0 Å². The number of para-hydroxylation sites is 1. The van der Waals surface area contributed by atoms with Crippen molar-refractivity contribution in [1.82, 2.24) is 0 Å². The molecule has 0 unspecified atom stereocenters. The fourth-order valence-corrected chi connectivity index (χ4v) is 3.49. The fourth-order valence-electron chi connectivity index (χ4n) is 3.31. The van der Waals surface area contributed by atoms with E-state index in [1.54, 1.807) is 31.2 Å². The van der Waals surface area contributed by atoms with E-state index < -0.39 is 12.5 Å². The quantitative estimate of drug-likeness (QED) is 0.437. The van der Waals surface area contributed by atoms with Gasteiger partial charge in [-0.05, 0) is 37.3 Å². The minimum absolute atomic E-state index is 0.0775. The number of hydrogen-bond acceptors (Lipinski definition) is 6. The van der Waals surface area contributed by atoms with E-state index in [0.717, 1.165) is 5.69 Å². The van der Waals surface area contributed by atoms with Gasteiger partial charge in [0.2, 0.25) is 0 Å². The van der Waals surface area contributed by atoms with Crippen LogP contribution in [-0.2, 0) is 9.53 Å². The van der Waals surface area contributed by atoms with Crippen LogP contribution in [0.2, 0.25) is 5.02 Å². The number of morpholine rings is 1. The summed E-state index contributed by atoms with van der Waals surface area (Å²) in [6, 6.07) is 11.3. The van der Waals surface area contributed by atoms with Gasteiger partial charge in [0, 0.05) is 23.7 Å². The molecule has 1 saturated heterocycles. The standard InChI is InChI=1S/C23H22ClF2N3O4/c1-2-32-20-5-3-4-15(21(20)33-23(25)26)12-16(14-27)22(30)28-18-13-17(24)6-7-19(18)29-8-10-31-11-9-29/h3-7,12-13,23H,2,8-11H2,1H3,(H,28,30)/b16-12+. The zero-order chi connectivity index (χ0) is 23.8. The van der Waals surface area contributed by atoms with Gasteiger partial charge < -0.3 is 24.4 Å². The van der Waals surface area contributed by atoms with Crippen LogP contribution in [0.25, 0.3) is 6.08 Å². The Labute approximate surface area is 195 Å². The SMILES string of the molecule is CCOc1cccc(/C=C(\C#N)C(=O)Nc2cc(Cl)ccc2N2CCOCC2)c1OC(F)F. The number of carbonyl (C=O) groups is 1. The van der Waals surface area contributed by atoms with Crippen molar-refractivity contribution in [2.45, 2.75) is 13.5 Å². The van der Waals surface area contributed by atoms with Gasteiger partial charge in [0.15, 0.2) is 11.5 Å². The molecule has 7 nitrogen and oxygen atoms in total. The van der Waals surface area contributed by atoms with Gasteiger partial charge >= 0.3 is 6.61 Å². The predicted octanol–water partition coefficient (Wildman–Crippen LogP) is 4.72. The maximum atomic E-state index is 13.0. The Morgan fingerprint density at radius 1 is 1.33 bits per heavy atom. The lowest BCUT2D eigenvalue weighted by Crippen LogP contribution is -2.36. The molecular weight excluding hydrogens is 456 g/mol. The number of nitrogens with zero attached hydrogens (tertiary/aromatic N) is 2. The molecule has 1 aliphatic heterocycles. The lowest BCUT2D eigenvalue weighted by molar-refractivity contribution is -0.112. The van der Waals surface area contributed by atoms with Crippen molar-refractivity contribution in [2.75, 3.05) is 43.1 Å². The number of ether oxygens (including phenoxy) is 3. The van der Waals surface area contributed by atoms with Gasteiger partial charge in [-0.25, -0.2) is 0 Å². The number of alkyl halides is 2. The van der Waals surface area contributed by atoms with E-state index >= 15 is 0 Å². The Kier molecular flexibility index (Phi) is 8.46. The molecule has 0 radical (unpaired) electrons. The van der Waals surface area contributed by atoms with Crippen LogP contribution < -0.4 is 19.7 Å². The number of carbonyl (C=O) groups excluding carboxylic acids is 1. The summed E-state index contributed by atoms with van der Waals surface area (Å²) in [5.41, 5.74) is 0.944. The normalized spacial score (nSPS) is 14.1. The molecule has 1 N–H and O–H groups in total. The molecule has 1 amide bonds. The average Bonchev–Trinajstić information content (AvgIpc) is 2.79. The van der Waals surface area contributed by atoms with Crippen LogP contribution in [0.15, 0.2) is 42.0 Å². The van der Waals surface area contributed by atoms with Crippen LogP contribution in [0.1, 0.15) is 12.5 Å². The first-order chi connectivity index (χ1) is 15.9. The van der Waals surface area contributed by atoms with Crippen molar-refractivity contribution < 1.29 is 27.8 Å². The van der Waals surface area contributed by atoms with Crippen LogP contribution in [0.4, 0.5) is 20.2 Å². The summed E-state index contributed by atoms with van der Waals surface area (Å²) in [4.78, 5) is 15.0. The average molecular weight is 478 g/mol. The van der Waals surface area contributed by atoms with Gasteiger partial charge in [-0.1, -0.05) is 23.7 Å². The summed E-state index contributed by atoms with van der Waals surface area (Å²) >= 11 is 6.12. The molecule has 2 aromatic rings. The number of nitrogens with one attached hydrogen (secondary N) is 1. The summed E-state index contributed by atoms with van der Waals surface area (Å²) in [6.45, 7) is 1.15. The Hall–Kier alpha value is -3.35. The van der Waals surface area contributed by atoms with Crippen molar-refractivity contribution >= 4 is 35.0 Å². The Morgan fingerprint density at radius 2 is 2.09 bits per heavy atom. The number of nitriles is 1. The van der Waals surface area contributed by atoms with Gasteiger partial charge in [0.25, 0.3) is 5.91 Å². The fraction of sp³-hybridized carbons (Fsp3) is 0.304. The van der Waals surface area contributed by atoms with Gasteiger partial charge in [0.05, 0.1) is 31.2 Å². The molecule has 1 aliphatic rings. The second-order valence-corrected chi connectivity index (χ2v) is 7.31. The Balaban J connectivity index is 1.92. The third-order valence-electron chi connectivity index (χ3n) is 4.74. The second kappa shape index (κ2) is 11.5. The van der Waals surface area contributed by atoms with Crippen molar-refractivity contribution in [2.24, 2.45) is 0 Å². The van der Waals surface area contributed by atoms with Crippen LogP contribution in [0.5, 0.6) is 11.5 Å². The molecule has 0 aliphatic carbocycles. The largest absolute Gasteiger partial charge is 0.490 e. The maximum absolute atomic E-state index is 13.0. The third kappa shape index (κ3) is 6.34. The monoisotopic (exact) mass is 477 g/mol. The lowest BCUT2D eigenvalue weighted by atomic mass is 10.1. The Bertz CT molecular complexity index is 1070. The topological polar surface area (TPSA) is 83.8 Å². The first-order valence-electron chi connectivity index (χ1n) is 10.2. The summed E-state index contributed by atoms with van der Waals surface area (Å²) in [7, 11) is 0. The molecular formula is C23H22ClF2N3O4. The molecule has 0 spiro atoms. The van der Waals surface area contributed by atoms with Crippen LogP contribution in [0, 0.1) is 11.3 Å². The van der Waals surface area contributed by atoms with Crippen LogP contribution in [-0.4, -0.2) is 45.4 Å². The molecule has 33 heavy (non-hydrogen) atoms. The van der Waals surface area contributed by atoms with E-state index in [-0.39, 0.29) is 29.2 Å². The molecule has 1 fully saturated rings. The lowest BCUT2D eigenvalue weighted by Gasteiger charge is -2.30. The minimum atomic E-state index is -3.11. The highest BCUT2D eigenvalue weighted by molar-refractivity contribution is 6.31. The van der Waals surface area contributed by atoms with Gasteiger partial charge in [-0.2, -0.15) is 14.0 Å². The van der Waals surface area contributed by atoms with E-state index in [1.165, 1.54) is 18.2 Å². The van der Waals surface area contributed by atoms with Crippen molar-refractivity contribution in [3.05, 3.63) is 52.6 Å². The number of rotatable bonds is 8. The molecule has 0 saturated carbocycles. The molecule has 0 bridgehead atoms. The van der Waals surface area contributed by atoms with E-state index in [2.05, 4.69) is 10.1 Å². The Morgan fingerprint density at radius 3 is 2.76 bits per heavy atom. The van der Waals surface area contributed by atoms with E-state index in [0.29, 0.717) is 37.0 Å². The van der Waals surface area contributed by atoms with Crippen molar-refractivity contribution in [3.8, 4) is 17.6 Å². The number of amides is 1. The van der Waals surface area contributed by atoms with Gasteiger partial charge in [-0.15, -0.1) is 0 Å². The first-order valence-corrected chi connectivity index (χ1v) is 10.6. The molecule has 174 valence electrons. The summed E-state index contributed by atoms with van der Waals surface area (Å²) in [5, 5.41) is 12.7. The first kappa shape index (κ1) is 24.3. The van der Waals surface area contributed by atoms with Crippen LogP contribution in [0.3, 0.4) is 0 Å². The minimum Gasteiger partial charge on any atom is -0.490 e. The van der Waals surface area contributed by atoms with E-state index in [4.69, 9.17) is 21.1 Å². The molecule has 1 heterocycles. The highest BCUT2D eigenvalue weighted by Crippen LogP contribution is 2.35. The number of anilines is 2. The van der Waals surface area contributed by atoms with E-state index in [1.807, 2.05) is 11.0 Å². The summed E-state index contributed by atoms with van der Waals surface area (Å²) in [6.07, 6.45) is 1.18. The maximum Gasteiger partial charge on any atom is 0.387 e. The highest BCUT2D eigenvalue weighted by atomic mass is 35.5. The molecule has 0 atom stereocenters. The van der Waals surface area contributed by atoms with Gasteiger partial charge in [-0.3, -0.25) is 4.79 Å². The van der Waals surface area contributed by atoms with Gasteiger partial charge in [0.1, 0.15) is 11.6 Å². The smallest absolute Gasteiger partial charge is 0.387 e. The molecule has 2 aromatic carbocycles. The number of hydrogen-bond donors (Lipinski definition) is 1. The highest BCUT2D eigenvalue weighted by Gasteiger charge is 2.20.